The fraction of sp³-hybridized carbons (Fsp3) is 1.00. The molecule has 2 nitrogen and oxygen atoms in total. The van der Waals surface area contributed by atoms with Crippen molar-refractivity contribution in [2.75, 3.05) is 13.2 Å². The van der Waals surface area contributed by atoms with E-state index in [2.05, 4.69) is 46.9 Å². The molecule has 0 amide bonds. The average Bonchev–Trinajstić information content (AvgIpc) is 2.23. The molecule has 1 aliphatic carbocycles. The van der Waals surface area contributed by atoms with Crippen LogP contribution in [0.25, 0.3) is 0 Å². The largest absolute Gasteiger partial charge is 0.378 e. The lowest BCUT2D eigenvalue weighted by Crippen LogP contribution is -2.40. The molecular weight excluding hydrogens is 222 g/mol. The highest BCUT2D eigenvalue weighted by molar-refractivity contribution is 4.86. The van der Waals surface area contributed by atoms with Gasteiger partial charge in [0.2, 0.25) is 0 Å². The van der Waals surface area contributed by atoms with Crippen LogP contribution < -0.4 is 5.32 Å². The zero-order valence-electron chi connectivity index (χ0n) is 13.3. The van der Waals surface area contributed by atoms with Crippen LogP contribution in [0.4, 0.5) is 0 Å². The summed E-state index contributed by atoms with van der Waals surface area (Å²) in [6.45, 7) is 15.6. The van der Waals surface area contributed by atoms with Crippen molar-refractivity contribution >= 4 is 0 Å². The topological polar surface area (TPSA) is 21.3 Å². The fourth-order valence-electron chi connectivity index (χ4n) is 2.96. The van der Waals surface area contributed by atoms with Gasteiger partial charge in [0, 0.05) is 6.04 Å². The molecule has 0 aromatic rings. The lowest BCUT2D eigenvalue weighted by atomic mass is 9.67. The summed E-state index contributed by atoms with van der Waals surface area (Å²) in [7, 11) is 0. The van der Waals surface area contributed by atoms with Crippen molar-refractivity contribution in [2.24, 2.45) is 17.3 Å². The first-order valence-corrected chi connectivity index (χ1v) is 7.65. The van der Waals surface area contributed by atoms with E-state index in [1.807, 2.05) is 0 Å². The van der Waals surface area contributed by atoms with Crippen LogP contribution in [-0.2, 0) is 4.74 Å². The normalized spacial score (nSPS) is 28.0. The van der Waals surface area contributed by atoms with Crippen LogP contribution in [0.2, 0.25) is 0 Å². The maximum atomic E-state index is 5.88. The Hall–Kier alpha value is -0.0800. The smallest absolute Gasteiger partial charge is 0.0519 e. The predicted octanol–water partition coefficient (Wildman–Crippen LogP) is 3.85. The molecule has 0 aromatic carbocycles. The second-order valence-corrected chi connectivity index (χ2v) is 7.37. The molecule has 0 aliphatic heterocycles. The molecule has 0 radical (unpaired) electrons. The SMILES string of the molecule is CC(C)NCC1CCC(C)(C)CC1COC(C)C. The van der Waals surface area contributed by atoms with Gasteiger partial charge in [0.15, 0.2) is 0 Å². The summed E-state index contributed by atoms with van der Waals surface area (Å²) in [5.41, 5.74) is 0.499. The lowest BCUT2D eigenvalue weighted by molar-refractivity contribution is -0.00172. The minimum absolute atomic E-state index is 0.355. The number of rotatable bonds is 6. The van der Waals surface area contributed by atoms with Crippen LogP contribution in [0, 0.1) is 17.3 Å². The van der Waals surface area contributed by atoms with Gasteiger partial charge in [-0.1, -0.05) is 27.7 Å². The van der Waals surface area contributed by atoms with Crippen molar-refractivity contribution in [1.82, 2.24) is 5.32 Å². The van der Waals surface area contributed by atoms with E-state index < -0.39 is 0 Å². The van der Waals surface area contributed by atoms with E-state index in [1.165, 1.54) is 19.3 Å². The van der Waals surface area contributed by atoms with Gasteiger partial charge in [-0.25, -0.2) is 0 Å². The first-order chi connectivity index (χ1) is 8.30. The van der Waals surface area contributed by atoms with Crippen LogP contribution in [-0.4, -0.2) is 25.3 Å². The number of hydrogen-bond acceptors (Lipinski definition) is 2. The van der Waals surface area contributed by atoms with Crippen molar-refractivity contribution in [3.05, 3.63) is 0 Å². The third-order valence-corrected chi connectivity index (χ3v) is 4.11. The van der Waals surface area contributed by atoms with Gasteiger partial charge < -0.3 is 10.1 Å². The fourth-order valence-corrected chi connectivity index (χ4v) is 2.96. The number of ether oxygens (including phenoxy) is 1. The molecule has 2 unspecified atom stereocenters. The highest BCUT2D eigenvalue weighted by Crippen LogP contribution is 2.41. The molecular formula is C16H33NO. The molecule has 1 aliphatic rings. The Balaban J connectivity index is 2.51. The minimum Gasteiger partial charge on any atom is -0.378 e. The molecule has 2 atom stereocenters. The summed E-state index contributed by atoms with van der Waals surface area (Å²) in [6, 6.07) is 0.589. The van der Waals surface area contributed by atoms with Gasteiger partial charge in [-0.05, 0) is 56.9 Å². The van der Waals surface area contributed by atoms with E-state index in [1.54, 1.807) is 0 Å². The maximum absolute atomic E-state index is 5.88. The summed E-state index contributed by atoms with van der Waals surface area (Å²) >= 11 is 0. The van der Waals surface area contributed by atoms with E-state index in [0.717, 1.165) is 25.0 Å². The monoisotopic (exact) mass is 255 g/mol. The Bertz CT molecular complexity index is 233. The Morgan fingerprint density at radius 1 is 1.17 bits per heavy atom. The van der Waals surface area contributed by atoms with E-state index in [4.69, 9.17) is 4.74 Å². The van der Waals surface area contributed by atoms with Crippen LogP contribution in [0.5, 0.6) is 0 Å². The zero-order chi connectivity index (χ0) is 13.8. The first kappa shape index (κ1) is 16.0. The molecule has 2 heteroatoms. The van der Waals surface area contributed by atoms with Crippen LogP contribution >= 0.6 is 0 Å². The molecule has 0 bridgehead atoms. The van der Waals surface area contributed by atoms with Gasteiger partial charge in [0.1, 0.15) is 0 Å². The summed E-state index contributed by atoms with van der Waals surface area (Å²) in [5.74, 6) is 1.52. The van der Waals surface area contributed by atoms with Crippen LogP contribution in [0.1, 0.15) is 60.8 Å². The Kier molecular flexibility index (Phi) is 6.13. The molecule has 1 rings (SSSR count). The standard InChI is InChI=1S/C16H33NO/c1-12(2)17-10-14-7-8-16(5,6)9-15(14)11-18-13(3)4/h12-15,17H,7-11H2,1-6H3. The molecule has 0 heterocycles. The second-order valence-electron chi connectivity index (χ2n) is 7.37. The van der Waals surface area contributed by atoms with Gasteiger partial charge in [-0.3, -0.25) is 0 Å². The predicted molar refractivity (Wildman–Crippen MR) is 78.8 cm³/mol. The molecule has 1 saturated carbocycles. The van der Waals surface area contributed by atoms with Crippen molar-refractivity contribution in [2.45, 2.75) is 73.0 Å². The number of nitrogens with one attached hydrogen (secondary N) is 1. The summed E-state index contributed by atoms with van der Waals surface area (Å²) in [6.07, 6.45) is 4.37. The summed E-state index contributed by atoms with van der Waals surface area (Å²) in [4.78, 5) is 0. The molecule has 0 aromatic heterocycles. The highest BCUT2D eigenvalue weighted by Gasteiger charge is 2.34. The Morgan fingerprint density at radius 3 is 2.39 bits per heavy atom. The van der Waals surface area contributed by atoms with Crippen molar-refractivity contribution in [3.63, 3.8) is 0 Å². The quantitative estimate of drug-likeness (QED) is 0.778. The van der Waals surface area contributed by atoms with Crippen molar-refractivity contribution < 1.29 is 4.74 Å². The van der Waals surface area contributed by atoms with Crippen LogP contribution in [0.3, 0.4) is 0 Å². The molecule has 0 spiro atoms. The Labute approximate surface area is 114 Å². The second kappa shape index (κ2) is 6.91. The van der Waals surface area contributed by atoms with E-state index in [-0.39, 0.29) is 0 Å². The number of hydrogen-bond donors (Lipinski definition) is 1. The van der Waals surface area contributed by atoms with Gasteiger partial charge in [-0.15, -0.1) is 0 Å². The van der Waals surface area contributed by atoms with Gasteiger partial charge in [0.25, 0.3) is 0 Å². The van der Waals surface area contributed by atoms with Crippen molar-refractivity contribution in [1.29, 1.82) is 0 Å². The maximum Gasteiger partial charge on any atom is 0.0519 e. The molecule has 1 fully saturated rings. The molecule has 18 heavy (non-hydrogen) atoms. The van der Waals surface area contributed by atoms with E-state index in [9.17, 15) is 0 Å². The molecule has 0 saturated heterocycles. The zero-order valence-corrected chi connectivity index (χ0v) is 13.3. The molecule has 108 valence electrons. The Morgan fingerprint density at radius 2 is 1.83 bits per heavy atom. The van der Waals surface area contributed by atoms with Crippen LogP contribution in [0.15, 0.2) is 0 Å². The van der Waals surface area contributed by atoms with Gasteiger partial charge in [0.05, 0.1) is 12.7 Å². The van der Waals surface area contributed by atoms with E-state index in [0.29, 0.717) is 17.6 Å². The summed E-state index contributed by atoms with van der Waals surface area (Å²) in [5, 5.41) is 3.60. The highest BCUT2D eigenvalue weighted by atomic mass is 16.5. The van der Waals surface area contributed by atoms with E-state index >= 15 is 0 Å². The van der Waals surface area contributed by atoms with Crippen molar-refractivity contribution in [3.8, 4) is 0 Å². The summed E-state index contributed by atoms with van der Waals surface area (Å²) < 4.78 is 5.88. The van der Waals surface area contributed by atoms with Gasteiger partial charge in [-0.2, -0.15) is 0 Å². The first-order valence-electron chi connectivity index (χ1n) is 7.65. The lowest BCUT2D eigenvalue weighted by Gasteiger charge is -2.41. The average molecular weight is 255 g/mol. The minimum atomic E-state index is 0.355. The third-order valence-electron chi connectivity index (χ3n) is 4.11. The van der Waals surface area contributed by atoms with Gasteiger partial charge >= 0.3 is 0 Å². The third kappa shape index (κ3) is 5.71. The molecule has 1 N–H and O–H groups in total.